The Labute approximate surface area is 290 Å². The normalized spacial score (nSPS) is 11.8. The molecule has 1 aromatic heterocycles. The Morgan fingerprint density at radius 3 is 2.18 bits per heavy atom. The van der Waals surface area contributed by atoms with Gasteiger partial charge in [-0.15, -0.1) is 0 Å². The van der Waals surface area contributed by atoms with Crippen LogP contribution in [0.1, 0.15) is 54.9 Å². The van der Waals surface area contributed by atoms with Gasteiger partial charge >= 0.3 is 0 Å². The van der Waals surface area contributed by atoms with Crippen molar-refractivity contribution in [2.24, 2.45) is 0 Å². The number of aromatic hydroxyl groups is 1. The van der Waals surface area contributed by atoms with Crippen LogP contribution in [-0.4, -0.2) is 39.6 Å². The average Bonchev–Trinajstić information content (AvgIpc) is 3.12. The molecule has 0 aliphatic heterocycles. The smallest absolute Gasteiger partial charge is 0.262 e. The predicted molar refractivity (Wildman–Crippen MR) is 199 cm³/mol. The molecule has 5 rings (SSSR count). The van der Waals surface area contributed by atoms with Gasteiger partial charge in [0.25, 0.3) is 5.56 Å². The number of nitrogens with one attached hydrogen (secondary N) is 3. The molecule has 0 radical (unpaired) electrons. The first-order valence-electron chi connectivity index (χ1n) is 16.5. The number of hydrogen-bond acceptors (Lipinski definition) is 5. The molecule has 8 nitrogen and oxygen atoms in total. The van der Waals surface area contributed by atoms with Crippen molar-refractivity contribution < 1.29 is 14.7 Å². The SMILES string of the molecule is CCC(=C(c1ccc(O)cc1)c1ccc(/C=C/C(=O)NCCCNC(=O)CCCn2c(=S)[nH]c3ccccc3c2=O)cc1)c1ccccc1. The Morgan fingerprint density at radius 2 is 1.47 bits per heavy atom. The van der Waals surface area contributed by atoms with Crippen molar-refractivity contribution in [3.05, 3.63) is 147 Å². The van der Waals surface area contributed by atoms with Gasteiger partial charge in [0.15, 0.2) is 4.77 Å². The fourth-order valence-electron chi connectivity index (χ4n) is 5.72. The van der Waals surface area contributed by atoms with E-state index in [1.807, 2.05) is 54.6 Å². The fraction of sp³-hybridized carbons (Fsp3) is 0.200. The van der Waals surface area contributed by atoms with E-state index in [1.54, 1.807) is 30.3 Å². The van der Waals surface area contributed by atoms with Crippen molar-refractivity contribution in [3.8, 4) is 5.75 Å². The molecular weight excluding hydrogens is 633 g/mol. The number of amides is 2. The van der Waals surface area contributed by atoms with Crippen molar-refractivity contribution >= 4 is 52.2 Å². The average molecular weight is 673 g/mol. The minimum absolute atomic E-state index is 0.114. The Balaban J connectivity index is 1.08. The number of allylic oxidation sites excluding steroid dienone is 1. The highest BCUT2D eigenvalue weighted by Crippen LogP contribution is 2.35. The Bertz CT molecular complexity index is 2080. The summed E-state index contributed by atoms with van der Waals surface area (Å²) in [6.07, 6.45) is 5.44. The van der Waals surface area contributed by atoms with Crippen LogP contribution in [0.5, 0.6) is 5.75 Å². The molecule has 0 aliphatic carbocycles. The number of para-hydroxylation sites is 1. The summed E-state index contributed by atoms with van der Waals surface area (Å²) in [7, 11) is 0. The highest BCUT2D eigenvalue weighted by molar-refractivity contribution is 7.71. The molecule has 2 amide bonds. The van der Waals surface area contributed by atoms with E-state index in [2.05, 4.69) is 46.8 Å². The summed E-state index contributed by atoms with van der Waals surface area (Å²) in [6, 6.07) is 32.8. The van der Waals surface area contributed by atoms with E-state index < -0.39 is 0 Å². The number of aromatic amines is 1. The molecule has 0 atom stereocenters. The maximum atomic E-state index is 12.8. The van der Waals surface area contributed by atoms with Gasteiger partial charge in [-0.3, -0.25) is 19.0 Å². The van der Waals surface area contributed by atoms with E-state index in [1.165, 1.54) is 16.2 Å². The first-order valence-corrected chi connectivity index (χ1v) is 16.9. The third-order valence-electron chi connectivity index (χ3n) is 8.21. The van der Waals surface area contributed by atoms with Gasteiger partial charge in [-0.25, -0.2) is 0 Å². The third kappa shape index (κ3) is 9.30. The largest absolute Gasteiger partial charge is 0.508 e. The zero-order valence-corrected chi connectivity index (χ0v) is 28.3. The number of benzene rings is 4. The van der Waals surface area contributed by atoms with Crippen LogP contribution in [0.4, 0.5) is 0 Å². The number of carbonyl (C=O) groups excluding carboxylic acids is 2. The topological polar surface area (TPSA) is 116 Å². The molecule has 0 spiro atoms. The number of carbonyl (C=O) groups is 2. The number of H-pyrrole nitrogens is 1. The molecule has 0 fully saturated rings. The number of phenolic OH excluding ortho intramolecular Hbond substituents is 1. The Morgan fingerprint density at radius 1 is 0.816 bits per heavy atom. The van der Waals surface area contributed by atoms with Gasteiger partial charge in [0, 0.05) is 32.1 Å². The second-order valence-electron chi connectivity index (χ2n) is 11.6. The second kappa shape index (κ2) is 17.0. The standard InChI is InChI=1S/C40H40N4O4S/c1-2-33(29-10-4-3-5-11-29)38(31-20-22-32(45)23-21-31)30-18-15-28(16-19-30)17-24-37(47)42-26-9-25-41-36(46)14-8-27-44-39(48)34-12-6-7-13-35(34)43-40(44)49/h3-7,10-13,15-24,45H,2,8-9,14,25-27H2,1H3,(H,41,46)(H,42,47)(H,43,49)/b24-17+,38-33?. The quantitative estimate of drug-likeness (QED) is 0.0429. The summed E-state index contributed by atoms with van der Waals surface area (Å²) < 4.78 is 1.83. The van der Waals surface area contributed by atoms with Gasteiger partial charge in [0.2, 0.25) is 11.8 Å². The number of phenols is 1. The fourth-order valence-corrected chi connectivity index (χ4v) is 6.00. The van der Waals surface area contributed by atoms with Gasteiger partial charge in [0.05, 0.1) is 10.9 Å². The molecular formula is C40H40N4O4S. The van der Waals surface area contributed by atoms with E-state index in [9.17, 15) is 19.5 Å². The van der Waals surface area contributed by atoms with E-state index in [0.29, 0.717) is 48.1 Å². The first kappa shape index (κ1) is 34.8. The zero-order chi connectivity index (χ0) is 34.6. The van der Waals surface area contributed by atoms with Crippen molar-refractivity contribution in [3.63, 3.8) is 0 Å². The van der Waals surface area contributed by atoms with Crippen LogP contribution in [0, 0.1) is 4.77 Å². The molecule has 4 N–H and O–H groups in total. The molecule has 49 heavy (non-hydrogen) atoms. The summed E-state index contributed by atoms with van der Waals surface area (Å²) in [6.45, 7) is 3.34. The number of rotatable bonds is 14. The van der Waals surface area contributed by atoms with Gasteiger partial charge in [0.1, 0.15) is 5.75 Å². The van der Waals surface area contributed by atoms with E-state index >= 15 is 0 Å². The minimum Gasteiger partial charge on any atom is -0.508 e. The maximum absolute atomic E-state index is 12.8. The van der Waals surface area contributed by atoms with Gasteiger partial charge in [-0.1, -0.05) is 85.8 Å². The summed E-state index contributed by atoms with van der Waals surface area (Å²) in [5.41, 5.74) is 6.92. The van der Waals surface area contributed by atoms with Gasteiger partial charge in [-0.2, -0.15) is 0 Å². The van der Waals surface area contributed by atoms with Crippen LogP contribution >= 0.6 is 12.2 Å². The van der Waals surface area contributed by atoms with Crippen LogP contribution in [0.3, 0.4) is 0 Å². The molecule has 250 valence electrons. The van der Waals surface area contributed by atoms with Crippen LogP contribution in [0.2, 0.25) is 0 Å². The summed E-state index contributed by atoms with van der Waals surface area (Å²) >= 11 is 5.33. The lowest BCUT2D eigenvalue weighted by Crippen LogP contribution is -2.29. The maximum Gasteiger partial charge on any atom is 0.262 e. The molecule has 0 saturated carbocycles. The molecule has 0 bridgehead atoms. The second-order valence-corrected chi connectivity index (χ2v) is 12.0. The van der Waals surface area contributed by atoms with Crippen LogP contribution < -0.4 is 16.2 Å². The third-order valence-corrected chi connectivity index (χ3v) is 8.53. The van der Waals surface area contributed by atoms with Crippen LogP contribution in [0.25, 0.3) is 28.1 Å². The van der Waals surface area contributed by atoms with Crippen LogP contribution in [0.15, 0.2) is 114 Å². The first-order chi connectivity index (χ1) is 23.8. The van der Waals surface area contributed by atoms with Crippen molar-refractivity contribution in [2.75, 3.05) is 13.1 Å². The lowest BCUT2D eigenvalue weighted by atomic mass is 9.88. The molecule has 1 heterocycles. The molecule has 0 aliphatic rings. The molecule has 5 aromatic rings. The van der Waals surface area contributed by atoms with E-state index in [4.69, 9.17) is 12.2 Å². The Kier molecular flexibility index (Phi) is 12.1. The van der Waals surface area contributed by atoms with E-state index in [-0.39, 0.29) is 29.5 Å². The number of hydrogen-bond donors (Lipinski definition) is 4. The number of fused-ring (bicyclic) bond motifs is 1. The lowest BCUT2D eigenvalue weighted by Gasteiger charge is -2.16. The van der Waals surface area contributed by atoms with Gasteiger partial charge < -0.3 is 20.7 Å². The Hall–Kier alpha value is -5.54. The van der Waals surface area contributed by atoms with Crippen molar-refractivity contribution in [1.29, 1.82) is 0 Å². The monoisotopic (exact) mass is 672 g/mol. The molecule has 0 saturated heterocycles. The summed E-state index contributed by atoms with van der Waals surface area (Å²) in [5, 5.41) is 16.2. The van der Waals surface area contributed by atoms with E-state index in [0.717, 1.165) is 34.2 Å². The van der Waals surface area contributed by atoms with Crippen molar-refractivity contribution in [2.45, 2.75) is 39.2 Å². The molecule has 4 aromatic carbocycles. The molecule has 0 unspecified atom stereocenters. The highest BCUT2D eigenvalue weighted by Gasteiger charge is 2.13. The highest BCUT2D eigenvalue weighted by atomic mass is 32.1. The zero-order valence-electron chi connectivity index (χ0n) is 27.4. The van der Waals surface area contributed by atoms with Crippen molar-refractivity contribution in [1.82, 2.24) is 20.2 Å². The van der Waals surface area contributed by atoms with Gasteiger partial charge in [-0.05, 0) is 95.2 Å². The lowest BCUT2D eigenvalue weighted by molar-refractivity contribution is -0.121. The predicted octanol–water partition coefficient (Wildman–Crippen LogP) is 7.25. The summed E-state index contributed by atoms with van der Waals surface area (Å²) in [5.74, 6) is -0.106. The van der Waals surface area contributed by atoms with Crippen LogP contribution in [-0.2, 0) is 16.1 Å². The number of nitrogens with zero attached hydrogens (tertiary/aromatic N) is 1. The minimum atomic E-state index is -0.213. The number of aromatic nitrogens is 2. The molecule has 9 heteroatoms. The summed E-state index contributed by atoms with van der Waals surface area (Å²) in [4.78, 5) is 40.6.